The van der Waals surface area contributed by atoms with Crippen LogP contribution < -0.4 is 10.6 Å². The summed E-state index contributed by atoms with van der Waals surface area (Å²) in [5.74, 6) is 5.09. The van der Waals surface area contributed by atoms with Crippen LogP contribution in [0.1, 0.15) is 5.56 Å². The Balaban J connectivity index is 3.13. The summed E-state index contributed by atoms with van der Waals surface area (Å²) >= 11 is 5.66. The molecule has 0 radical (unpaired) electrons. The normalized spacial score (nSPS) is 10.1. The predicted molar refractivity (Wildman–Crippen MR) is 48.6 cm³/mol. The first kappa shape index (κ1) is 10.1. The fraction of sp³-hybridized carbons (Fsp3) is 0.250. The Hall–Kier alpha value is -0.970. The number of benzene rings is 1. The SMILES string of the molecule is COc1c(CON)ccc(Cl)c1O. The van der Waals surface area contributed by atoms with Crippen LogP contribution in [0.5, 0.6) is 11.5 Å². The summed E-state index contributed by atoms with van der Waals surface area (Å²) in [5, 5.41) is 9.69. The van der Waals surface area contributed by atoms with Crippen molar-refractivity contribution in [1.82, 2.24) is 0 Å². The molecule has 1 aromatic carbocycles. The van der Waals surface area contributed by atoms with Crippen molar-refractivity contribution in [2.24, 2.45) is 5.90 Å². The number of halogens is 1. The van der Waals surface area contributed by atoms with E-state index >= 15 is 0 Å². The van der Waals surface area contributed by atoms with Gasteiger partial charge in [-0.1, -0.05) is 17.7 Å². The molecule has 0 atom stereocenters. The Morgan fingerprint density at radius 1 is 1.54 bits per heavy atom. The van der Waals surface area contributed by atoms with Crippen LogP contribution in [0.2, 0.25) is 5.02 Å². The number of phenolic OH excluding ortho intramolecular Hbond substituents is 1. The number of hydrogen-bond donors (Lipinski definition) is 2. The highest BCUT2D eigenvalue weighted by Gasteiger charge is 2.11. The molecular weight excluding hydrogens is 194 g/mol. The van der Waals surface area contributed by atoms with E-state index in [2.05, 4.69) is 4.84 Å². The van der Waals surface area contributed by atoms with Crippen molar-refractivity contribution in [2.75, 3.05) is 7.11 Å². The van der Waals surface area contributed by atoms with Crippen molar-refractivity contribution >= 4 is 11.6 Å². The zero-order valence-electron chi connectivity index (χ0n) is 7.08. The Morgan fingerprint density at radius 2 is 2.23 bits per heavy atom. The lowest BCUT2D eigenvalue weighted by Gasteiger charge is -2.09. The van der Waals surface area contributed by atoms with Crippen molar-refractivity contribution in [3.05, 3.63) is 22.7 Å². The average molecular weight is 204 g/mol. The standard InChI is InChI=1S/C8H10ClNO3/c1-12-8-5(4-13-10)2-3-6(9)7(8)11/h2-3,11H,4,10H2,1H3. The number of phenols is 1. The van der Waals surface area contributed by atoms with E-state index in [-0.39, 0.29) is 23.1 Å². The van der Waals surface area contributed by atoms with Gasteiger partial charge in [0.15, 0.2) is 11.5 Å². The van der Waals surface area contributed by atoms with Crippen LogP contribution in [0, 0.1) is 0 Å². The molecule has 1 rings (SSSR count). The Labute approximate surface area is 80.8 Å². The predicted octanol–water partition coefficient (Wildman–Crippen LogP) is 1.44. The van der Waals surface area contributed by atoms with Gasteiger partial charge in [0.25, 0.3) is 0 Å². The lowest BCUT2D eigenvalue weighted by Crippen LogP contribution is -2.01. The minimum Gasteiger partial charge on any atom is -0.503 e. The Kier molecular flexibility index (Phi) is 3.36. The molecule has 13 heavy (non-hydrogen) atoms. The quantitative estimate of drug-likeness (QED) is 0.730. The molecule has 0 fully saturated rings. The van der Waals surface area contributed by atoms with E-state index in [0.29, 0.717) is 5.56 Å². The molecule has 0 spiro atoms. The van der Waals surface area contributed by atoms with E-state index in [0.717, 1.165) is 0 Å². The summed E-state index contributed by atoms with van der Waals surface area (Å²) in [4.78, 5) is 4.43. The van der Waals surface area contributed by atoms with Gasteiger partial charge in [0.2, 0.25) is 0 Å². The zero-order chi connectivity index (χ0) is 9.84. The lowest BCUT2D eigenvalue weighted by molar-refractivity contribution is 0.121. The third-order valence-electron chi connectivity index (χ3n) is 1.61. The topological polar surface area (TPSA) is 64.7 Å². The van der Waals surface area contributed by atoms with E-state index in [4.69, 9.17) is 22.2 Å². The zero-order valence-corrected chi connectivity index (χ0v) is 7.84. The second-order valence-corrected chi connectivity index (χ2v) is 2.81. The molecule has 0 saturated heterocycles. The minimum atomic E-state index is -0.0984. The van der Waals surface area contributed by atoms with Crippen molar-refractivity contribution in [3.63, 3.8) is 0 Å². The molecule has 0 aromatic heterocycles. The van der Waals surface area contributed by atoms with E-state index in [1.807, 2.05) is 0 Å². The van der Waals surface area contributed by atoms with Crippen molar-refractivity contribution < 1.29 is 14.7 Å². The van der Waals surface area contributed by atoms with Crippen molar-refractivity contribution in [2.45, 2.75) is 6.61 Å². The highest BCUT2D eigenvalue weighted by molar-refractivity contribution is 6.32. The van der Waals surface area contributed by atoms with Crippen LogP contribution in [-0.2, 0) is 11.4 Å². The van der Waals surface area contributed by atoms with Crippen LogP contribution >= 0.6 is 11.6 Å². The largest absolute Gasteiger partial charge is 0.503 e. The monoisotopic (exact) mass is 203 g/mol. The highest BCUT2D eigenvalue weighted by Crippen LogP contribution is 2.36. The van der Waals surface area contributed by atoms with Crippen molar-refractivity contribution in [1.29, 1.82) is 0 Å². The van der Waals surface area contributed by atoms with Gasteiger partial charge in [0, 0.05) is 5.56 Å². The number of rotatable bonds is 3. The van der Waals surface area contributed by atoms with Gasteiger partial charge in [0.1, 0.15) is 0 Å². The first-order valence-electron chi connectivity index (χ1n) is 3.56. The molecule has 5 heteroatoms. The Bertz CT molecular complexity index is 304. The molecule has 4 nitrogen and oxygen atoms in total. The lowest BCUT2D eigenvalue weighted by atomic mass is 10.2. The summed E-state index contributed by atoms with van der Waals surface area (Å²) in [6.45, 7) is 0.161. The van der Waals surface area contributed by atoms with Gasteiger partial charge in [-0.3, -0.25) is 4.84 Å². The van der Waals surface area contributed by atoms with Gasteiger partial charge in [-0.05, 0) is 6.07 Å². The van der Waals surface area contributed by atoms with E-state index in [1.165, 1.54) is 7.11 Å². The summed E-state index contributed by atoms with van der Waals surface area (Å²) < 4.78 is 4.94. The average Bonchev–Trinajstić information content (AvgIpc) is 2.12. The maximum Gasteiger partial charge on any atom is 0.177 e. The fourth-order valence-corrected chi connectivity index (χ4v) is 1.17. The number of aromatic hydroxyl groups is 1. The second kappa shape index (κ2) is 4.32. The number of nitrogens with two attached hydrogens (primary N) is 1. The molecule has 0 aliphatic rings. The first-order valence-corrected chi connectivity index (χ1v) is 3.94. The van der Waals surface area contributed by atoms with E-state index in [1.54, 1.807) is 12.1 Å². The van der Waals surface area contributed by atoms with Crippen molar-refractivity contribution in [3.8, 4) is 11.5 Å². The highest BCUT2D eigenvalue weighted by atomic mass is 35.5. The maximum atomic E-state index is 9.45. The molecule has 0 aliphatic carbocycles. The second-order valence-electron chi connectivity index (χ2n) is 2.40. The molecule has 0 amide bonds. The molecule has 0 aliphatic heterocycles. The van der Waals surface area contributed by atoms with E-state index < -0.39 is 0 Å². The third kappa shape index (κ3) is 2.03. The molecule has 0 saturated carbocycles. The van der Waals surface area contributed by atoms with Gasteiger partial charge >= 0.3 is 0 Å². The molecule has 0 heterocycles. The maximum absolute atomic E-state index is 9.45. The van der Waals surface area contributed by atoms with Crippen LogP contribution in [0.4, 0.5) is 0 Å². The smallest absolute Gasteiger partial charge is 0.177 e. The molecule has 1 aromatic rings. The number of hydrogen-bond acceptors (Lipinski definition) is 4. The molecule has 3 N–H and O–H groups in total. The van der Waals surface area contributed by atoms with Crippen LogP contribution in [-0.4, -0.2) is 12.2 Å². The third-order valence-corrected chi connectivity index (χ3v) is 1.91. The molecular formula is C8H10ClNO3. The summed E-state index contributed by atoms with van der Waals surface area (Å²) in [5.41, 5.74) is 0.645. The van der Waals surface area contributed by atoms with Crippen LogP contribution in [0.25, 0.3) is 0 Å². The number of ether oxygens (including phenoxy) is 1. The molecule has 0 unspecified atom stereocenters. The first-order chi connectivity index (χ1) is 6.20. The molecule has 72 valence electrons. The van der Waals surface area contributed by atoms with Gasteiger partial charge < -0.3 is 9.84 Å². The number of methoxy groups -OCH3 is 1. The summed E-state index contributed by atoms with van der Waals surface area (Å²) in [6, 6.07) is 3.22. The summed E-state index contributed by atoms with van der Waals surface area (Å²) in [6.07, 6.45) is 0. The van der Waals surface area contributed by atoms with Gasteiger partial charge in [-0.15, -0.1) is 0 Å². The van der Waals surface area contributed by atoms with Gasteiger partial charge in [-0.2, -0.15) is 0 Å². The minimum absolute atomic E-state index is 0.0984. The fourth-order valence-electron chi connectivity index (χ4n) is 1.02. The van der Waals surface area contributed by atoms with Crippen LogP contribution in [0.15, 0.2) is 12.1 Å². The van der Waals surface area contributed by atoms with Gasteiger partial charge in [0.05, 0.1) is 18.7 Å². The summed E-state index contributed by atoms with van der Waals surface area (Å²) in [7, 11) is 1.44. The Morgan fingerprint density at radius 3 is 2.77 bits per heavy atom. The van der Waals surface area contributed by atoms with Gasteiger partial charge in [-0.25, -0.2) is 5.90 Å². The van der Waals surface area contributed by atoms with Crippen LogP contribution in [0.3, 0.4) is 0 Å². The van der Waals surface area contributed by atoms with E-state index in [9.17, 15) is 5.11 Å². The molecule has 0 bridgehead atoms.